The maximum atomic E-state index is 11.1. The largest absolute Gasteiger partial charge is 0.241 e. The summed E-state index contributed by atoms with van der Waals surface area (Å²) in [5.41, 5.74) is 0. The molecule has 0 saturated carbocycles. The summed E-state index contributed by atoms with van der Waals surface area (Å²) in [4.78, 5) is 0. The highest BCUT2D eigenvalue weighted by Gasteiger charge is 1.98. The van der Waals surface area contributed by atoms with Crippen molar-refractivity contribution in [2.75, 3.05) is 0 Å². The Hall–Kier alpha value is -0.140. The topological polar surface area (TPSA) is 0 Å². The van der Waals surface area contributed by atoms with Gasteiger partial charge in [0.1, 0.15) is 0 Å². The number of hydrogen-bond donors (Lipinski definition) is 0. The van der Waals surface area contributed by atoms with Gasteiger partial charge in [0.25, 0.3) is 0 Å². The first-order chi connectivity index (χ1) is 3.27. The van der Waals surface area contributed by atoms with E-state index in [-0.39, 0.29) is 0 Å². The molecule has 0 bridgehead atoms. The van der Waals surface area contributed by atoms with Gasteiger partial charge in [0.15, 0.2) is 0 Å². The molecule has 0 unspecified atom stereocenters. The van der Waals surface area contributed by atoms with Gasteiger partial charge >= 0.3 is 0 Å². The van der Waals surface area contributed by atoms with E-state index >= 15 is 0 Å². The summed E-state index contributed by atoms with van der Waals surface area (Å²) < 4.78 is 22.3. The second-order valence-electron chi connectivity index (χ2n) is 1.21. The van der Waals surface area contributed by atoms with E-state index in [0.29, 0.717) is 12.8 Å². The van der Waals surface area contributed by atoms with Crippen LogP contribution in [0.5, 0.6) is 0 Å². The summed E-state index contributed by atoms with van der Waals surface area (Å²) in [5.74, 6) is 0. The average Bonchev–Trinajstić information content (AvgIpc) is 1.61. The van der Waals surface area contributed by atoms with Crippen LogP contribution >= 0.6 is 0 Å². The molecule has 0 aliphatic carbocycles. The highest BCUT2D eigenvalue weighted by Crippen LogP contribution is 2.01. The maximum absolute atomic E-state index is 11.1. The van der Waals surface area contributed by atoms with Gasteiger partial charge < -0.3 is 0 Å². The van der Waals surface area contributed by atoms with Crippen molar-refractivity contribution < 1.29 is 8.78 Å². The predicted molar refractivity (Wildman–Crippen MR) is 24.9 cm³/mol. The van der Waals surface area contributed by atoms with Crippen LogP contribution in [0, 0.1) is 13.3 Å². The maximum Gasteiger partial charge on any atom is 0.241 e. The van der Waals surface area contributed by atoms with E-state index in [0.717, 1.165) is 6.42 Å². The number of unbranched alkanes of at least 4 members (excludes halogenated alkanes) is 1. The molecule has 0 saturated heterocycles. The molecule has 0 atom stereocenters. The third kappa shape index (κ3) is 5.86. The van der Waals surface area contributed by atoms with Gasteiger partial charge in [0.2, 0.25) is 6.43 Å². The van der Waals surface area contributed by atoms with Crippen molar-refractivity contribution in [1.29, 1.82) is 0 Å². The van der Waals surface area contributed by atoms with E-state index in [9.17, 15) is 8.78 Å². The van der Waals surface area contributed by atoms with Crippen molar-refractivity contribution in [3.05, 3.63) is 13.3 Å². The molecule has 7 heavy (non-hydrogen) atoms. The Morgan fingerprint density at radius 3 is 2.29 bits per heavy atom. The normalized spacial score (nSPS) is 10.3. The fourth-order valence-electron chi connectivity index (χ4n) is 0.244. The summed E-state index contributed by atoms with van der Waals surface area (Å²) >= 11 is 0. The van der Waals surface area contributed by atoms with Gasteiger partial charge in [-0.2, -0.15) is 0 Å². The molecule has 0 aromatic rings. The Labute approximate surface area is 42.5 Å². The van der Waals surface area contributed by atoms with Crippen molar-refractivity contribution in [2.45, 2.75) is 19.3 Å². The molecule has 0 fully saturated rings. The number of hydrogen-bond acceptors (Lipinski definition) is 0. The van der Waals surface area contributed by atoms with Gasteiger partial charge in [0.05, 0.1) is 0 Å². The minimum Gasteiger partial charge on any atom is -0.210 e. The summed E-state index contributed by atoms with van der Waals surface area (Å²) in [6.45, 7) is 3.39. The van der Waals surface area contributed by atoms with Crippen molar-refractivity contribution in [3.63, 3.8) is 0 Å². The Morgan fingerprint density at radius 2 is 2.14 bits per heavy atom. The van der Waals surface area contributed by atoms with Crippen molar-refractivity contribution in [2.24, 2.45) is 0 Å². The standard InChI is InChI=1S/C5H8F2/c1-2-3-4-5(6)7/h4-5H,1-3H2. The number of halogens is 2. The van der Waals surface area contributed by atoms with E-state index < -0.39 is 6.43 Å². The van der Waals surface area contributed by atoms with E-state index in [2.05, 4.69) is 6.92 Å². The molecule has 0 aromatic carbocycles. The van der Waals surface area contributed by atoms with Crippen molar-refractivity contribution in [3.8, 4) is 0 Å². The molecule has 0 nitrogen and oxygen atoms in total. The minimum atomic E-state index is -2.26. The van der Waals surface area contributed by atoms with E-state index in [4.69, 9.17) is 0 Å². The van der Waals surface area contributed by atoms with Crippen molar-refractivity contribution >= 4 is 0 Å². The lowest BCUT2D eigenvalue weighted by atomic mass is 10.3. The van der Waals surface area contributed by atoms with Gasteiger partial charge in [-0.05, 0) is 6.42 Å². The quantitative estimate of drug-likeness (QED) is 0.516. The third-order valence-electron chi connectivity index (χ3n) is 0.549. The van der Waals surface area contributed by atoms with Crippen LogP contribution in [-0.2, 0) is 0 Å². The van der Waals surface area contributed by atoms with Crippen LogP contribution < -0.4 is 0 Å². The molecule has 0 heterocycles. The number of alkyl halides is 2. The molecule has 0 N–H and O–H groups in total. The molecule has 0 aromatic heterocycles. The molecule has 2 heteroatoms. The minimum absolute atomic E-state index is 0.414. The Balaban J connectivity index is 2.68. The lowest BCUT2D eigenvalue weighted by Gasteiger charge is -1.91. The number of rotatable bonds is 3. The second-order valence-corrected chi connectivity index (χ2v) is 1.21. The fourth-order valence-corrected chi connectivity index (χ4v) is 0.244. The van der Waals surface area contributed by atoms with Crippen LogP contribution in [0.4, 0.5) is 8.78 Å². The molecule has 2 radical (unpaired) electrons. The van der Waals surface area contributed by atoms with Crippen LogP contribution in [0.2, 0.25) is 0 Å². The van der Waals surface area contributed by atoms with E-state index in [1.807, 2.05) is 0 Å². The molecule has 0 rings (SSSR count). The van der Waals surface area contributed by atoms with E-state index in [1.54, 1.807) is 0 Å². The van der Waals surface area contributed by atoms with Crippen LogP contribution in [0.15, 0.2) is 0 Å². The van der Waals surface area contributed by atoms with Gasteiger partial charge in [-0.25, -0.2) is 8.78 Å². The summed E-state index contributed by atoms with van der Waals surface area (Å²) in [7, 11) is 0. The zero-order valence-electron chi connectivity index (χ0n) is 4.03. The Kier molecular flexibility index (Phi) is 3.95. The van der Waals surface area contributed by atoms with Crippen LogP contribution in [-0.4, -0.2) is 6.43 Å². The van der Waals surface area contributed by atoms with Crippen LogP contribution in [0.1, 0.15) is 12.8 Å². The molecule has 0 amide bonds. The molecule has 0 spiro atoms. The fraction of sp³-hybridized carbons (Fsp3) is 0.600. The molecular formula is C5H8F2. The SMILES string of the molecule is [CH2]CC[CH]C(F)F. The first-order valence-electron chi connectivity index (χ1n) is 2.18. The molecule has 0 aliphatic heterocycles. The van der Waals surface area contributed by atoms with Gasteiger partial charge in [0, 0.05) is 6.42 Å². The highest BCUT2D eigenvalue weighted by molar-refractivity contribution is 4.66. The lowest BCUT2D eigenvalue weighted by Crippen LogP contribution is -1.88. The zero-order chi connectivity index (χ0) is 5.70. The zero-order valence-corrected chi connectivity index (χ0v) is 4.03. The first-order valence-corrected chi connectivity index (χ1v) is 2.18. The predicted octanol–water partition coefficient (Wildman–Crippen LogP) is 2.07. The monoisotopic (exact) mass is 106 g/mol. The Bertz CT molecular complexity index is 35.1. The first kappa shape index (κ1) is 6.86. The molecular weight excluding hydrogens is 98.1 g/mol. The summed E-state index contributed by atoms with van der Waals surface area (Å²) in [5, 5.41) is 0. The second kappa shape index (κ2) is 4.03. The van der Waals surface area contributed by atoms with Gasteiger partial charge in [-0.15, -0.1) is 0 Å². The summed E-state index contributed by atoms with van der Waals surface area (Å²) in [6.07, 6.45) is -0.337. The summed E-state index contributed by atoms with van der Waals surface area (Å²) in [6, 6.07) is 0. The van der Waals surface area contributed by atoms with Gasteiger partial charge in [-0.1, -0.05) is 13.3 Å². The third-order valence-corrected chi connectivity index (χ3v) is 0.549. The van der Waals surface area contributed by atoms with Crippen LogP contribution in [0.25, 0.3) is 0 Å². The molecule has 42 valence electrons. The van der Waals surface area contributed by atoms with E-state index in [1.165, 1.54) is 0 Å². The van der Waals surface area contributed by atoms with Crippen LogP contribution in [0.3, 0.4) is 0 Å². The highest BCUT2D eigenvalue weighted by atomic mass is 19.3. The molecule has 0 aliphatic rings. The Morgan fingerprint density at radius 1 is 1.57 bits per heavy atom. The smallest absolute Gasteiger partial charge is 0.210 e. The van der Waals surface area contributed by atoms with Gasteiger partial charge in [-0.3, -0.25) is 0 Å². The lowest BCUT2D eigenvalue weighted by molar-refractivity contribution is 0.181. The average molecular weight is 106 g/mol. The van der Waals surface area contributed by atoms with Crippen molar-refractivity contribution in [1.82, 2.24) is 0 Å².